The van der Waals surface area contributed by atoms with Crippen molar-refractivity contribution in [2.75, 3.05) is 12.4 Å². The van der Waals surface area contributed by atoms with Crippen LogP contribution in [-0.4, -0.2) is 18.3 Å². The van der Waals surface area contributed by atoms with Gasteiger partial charge in [0.05, 0.1) is 23.3 Å². The highest BCUT2D eigenvalue weighted by molar-refractivity contribution is 8.03. The van der Waals surface area contributed by atoms with Crippen LogP contribution in [0.3, 0.4) is 0 Å². The molecule has 0 fully saturated rings. The van der Waals surface area contributed by atoms with Crippen LogP contribution in [0.1, 0.15) is 31.7 Å². The smallest absolute Gasteiger partial charge is 0.225 e. The number of ether oxygens (including phenoxy) is 1. The van der Waals surface area contributed by atoms with Gasteiger partial charge < -0.3 is 10.1 Å². The normalized spacial score (nSPS) is 17.4. The molecule has 1 aromatic rings. The summed E-state index contributed by atoms with van der Waals surface area (Å²) in [6, 6.07) is 9.87. The number of rotatable bonds is 6. The van der Waals surface area contributed by atoms with Gasteiger partial charge in [-0.1, -0.05) is 30.4 Å². The van der Waals surface area contributed by atoms with Gasteiger partial charge in [-0.05, 0) is 19.9 Å². The average Bonchev–Trinajstić information content (AvgIpc) is 2.53. The van der Waals surface area contributed by atoms with Gasteiger partial charge in [-0.2, -0.15) is 5.26 Å². The molecule has 4 nitrogen and oxygen atoms in total. The van der Waals surface area contributed by atoms with E-state index in [9.17, 15) is 10.1 Å². The predicted molar refractivity (Wildman–Crippen MR) is 93.0 cm³/mol. The molecule has 1 N–H and O–H groups in total. The summed E-state index contributed by atoms with van der Waals surface area (Å²) in [6.07, 6.45) is 0.254. The maximum Gasteiger partial charge on any atom is 0.225 e. The van der Waals surface area contributed by atoms with E-state index in [0.717, 1.165) is 16.9 Å². The molecule has 1 unspecified atom stereocenters. The molecule has 1 aliphatic heterocycles. The number of thioether (sulfide) groups is 1. The molecule has 1 aromatic carbocycles. The van der Waals surface area contributed by atoms with Gasteiger partial charge in [-0.15, -0.1) is 11.8 Å². The predicted octanol–water partition coefficient (Wildman–Crippen LogP) is 3.73. The lowest BCUT2D eigenvalue weighted by molar-refractivity contribution is -0.120. The van der Waals surface area contributed by atoms with Gasteiger partial charge in [-0.3, -0.25) is 4.79 Å². The van der Waals surface area contributed by atoms with Gasteiger partial charge in [0.1, 0.15) is 5.75 Å². The third-order valence-corrected chi connectivity index (χ3v) is 4.66. The lowest BCUT2D eigenvalue weighted by Gasteiger charge is -2.26. The largest absolute Gasteiger partial charge is 0.494 e. The number of benzene rings is 1. The van der Waals surface area contributed by atoms with Crippen LogP contribution in [0.4, 0.5) is 0 Å². The fourth-order valence-corrected chi connectivity index (χ4v) is 3.37. The molecule has 0 saturated heterocycles. The molecule has 0 aliphatic carbocycles. The molecule has 5 heteroatoms. The summed E-state index contributed by atoms with van der Waals surface area (Å²) in [4.78, 5) is 12.1. The van der Waals surface area contributed by atoms with Gasteiger partial charge in [0.15, 0.2) is 0 Å². The summed E-state index contributed by atoms with van der Waals surface area (Å²) < 4.78 is 5.67. The number of allylic oxidation sites excluding steroid dienone is 1. The molecular formula is C18H20N2O2S. The van der Waals surface area contributed by atoms with Crippen molar-refractivity contribution in [2.24, 2.45) is 0 Å². The number of para-hydroxylation sites is 1. The number of nitrogens with zero attached hydrogens (tertiary/aromatic N) is 1. The summed E-state index contributed by atoms with van der Waals surface area (Å²) in [7, 11) is 0. The third kappa shape index (κ3) is 4.17. The molecule has 0 spiro atoms. The van der Waals surface area contributed by atoms with Gasteiger partial charge in [-0.25, -0.2) is 0 Å². The van der Waals surface area contributed by atoms with Crippen LogP contribution in [-0.2, 0) is 4.79 Å². The van der Waals surface area contributed by atoms with Crippen LogP contribution in [0.2, 0.25) is 0 Å². The van der Waals surface area contributed by atoms with Gasteiger partial charge in [0, 0.05) is 23.7 Å². The van der Waals surface area contributed by atoms with Crippen LogP contribution in [0.15, 0.2) is 47.0 Å². The molecule has 23 heavy (non-hydrogen) atoms. The first-order valence-corrected chi connectivity index (χ1v) is 8.48. The fraction of sp³-hybridized carbons (Fsp3) is 0.333. The zero-order chi connectivity index (χ0) is 16.8. The Balaban J connectivity index is 2.43. The third-order valence-electron chi connectivity index (χ3n) is 3.41. The molecule has 120 valence electrons. The van der Waals surface area contributed by atoms with E-state index in [4.69, 9.17) is 4.74 Å². The Labute approximate surface area is 141 Å². The van der Waals surface area contributed by atoms with Crippen LogP contribution in [0.5, 0.6) is 5.75 Å². The second-order valence-corrected chi connectivity index (χ2v) is 6.36. The highest BCUT2D eigenvalue weighted by Crippen LogP contribution is 2.39. The second-order valence-electron chi connectivity index (χ2n) is 5.38. The van der Waals surface area contributed by atoms with E-state index >= 15 is 0 Å². The zero-order valence-electron chi connectivity index (χ0n) is 13.4. The molecule has 0 aromatic heterocycles. The van der Waals surface area contributed by atoms with Crippen molar-refractivity contribution in [3.63, 3.8) is 0 Å². The Morgan fingerprint density at radius 3 is 2.91 bits per heavy atom. The van der Waals surface area contributed by atoms with Crippen LogP contribution in [0, 0.1) is 11.3 Å². The highest BCUT2D eigenvalue weighted by Gasteiger charge is 2.31. The quantitative estimate of drug-likeness (QED) is 0.808. The number of carbonyl (C=O) groups excluding carboxylic acids is 1. The van der Waals surface area contributed by atoms with Crippen LogP contribution < -0.4 is 10.1 Å². The van der Waals surface area contributed by atoms with E-state index in [2.05, 4.69) is 18.0 Å². The topological polar surface area (TPSA) is 62.1 Å². The molecule has 0 radical (unpaired) electrons. The molecule has 1 aliphatic rings. The maximum atomic E-state index is 12.1. The maximum absolute atomic E-state index is 12.1. The van der Waals surface area contributed by atoms with E-state index in [1.807, 2.05) is 38.1 Å². The van der Waals surface area contributed by atoms with Gasteiger partial charge >= 0.3 is 0 Å². The number of carbonyl (C=O) groups is 1. The lowest BCUT2D eigenvalue weighted by atomic mass is 9.86. The Morgan fingerprint density at radius 2 is 2.26 bits per heavy atom. The van der Waals surface area contributed by atoms with E-state index in [-0.39, 0.29) is 18.2 Å². The first kappa shape index (κ1) is 17.2. The summed E-state index contributed by atoms with van der Waals surface area (Å²) in [6.45, 7) is 8.25. The summed E-state index contributed by atoms with van der Waals surface area (Å²) in [5.74, 6) is 1.04. The number of nitriles is 1. The molecule has 1 heterocycles. The summed E-state index contributed by atoms with van der Waals surface area (Å²) in [5, 5.41) is 13.1. The number of hydrogen-bond donors (Lipinski definition) is 1. The molecular weight excluding hydrogens is 308 g/mol. The minimum absolute atomic E-state index is 0.0792. The molecule has 1 amide bonds. The Kier molecular flexibility index (Phi) is 5.89. The van der Waals surface area contributed by atoms with E-state index in [0.29, 0.717) is 23.0 Å². The first-order chi connectivity index (χ1) is 11.1. The summed E-state index contributed by atoms with van der Waals surface area (Å²) in [5.41, 5.74) is 2.46. The minimum atomic E-state index is -0.274. The SMILES string of the molecule is C=C(C)CSC1=C(C#N)C(c2ccccc2OCC)CC(=O)N1. The second kappa shape index (κ2) is 7.89. The molecule has 1 atom stereocenters. The Bertz CT molecular complexity index is 689. The fourth-order valence-electron chi connectivity index (χ4n) is 2.45. The average molecular weight is 328 g/mol. The first-order valence-electron chi connectivity index (χ1n) is 7.49. The number of amides is 1. The Hall–Kier alpha value is -2.19. The van der Waals surface area contributed by atoms with Crippen molar-refractivity contribution in [1.82, 2.24) is 5.32 Å². The summed E-state index contributed by atoms with van der Waals surface area (Å²) >= 11 is 1.44. The van der Waals surface area contributed by atoms with Crippen molar-refractivity contribution in [3.8, 4) is 11.8 Å². The van der Waals surface area contributed by atoms with Crippen molar-refractivity contribution >= 4 is 17.7 Å². The van der Waals surface area contributed by atoms with Crippen molar-refractivity contribution in [2.45, 2.75) is 26.2 Å². The van der Waals surface area contributed by atoms with Crippen LogP contribution >= 0.6 is 11.8 Å². The van der Waals surface area contributed by atoms with Gasteiger partial charge in [0.25, 0.3) is 0 Å². The number of nitrogens with one attached hydrogen (secondary N) is 1. The standard InChI is InChI=1S/C18H20N2O2S/c1-4-22-16-8-6-5-7-13(16)14-9-17(21)20-18(15(14)10-19)23-11-12(2)3/h5-8,14H,2,4,9,11H2,1,3H3,(H,20,21). The zero-order valence-corrected chi connectivity index (χ0v) is 14.2. The van der Waals surface area contributed by atoms with E-state index in [1.165, 1.54) is 11.8 Å². The lowest BCUT2D eigenvalue weighted by Crippen LogP contribution is -2.31. The van der Waals surface area contributed by atoms with Crippen molar-refractivity contribution < 1.29 is 9.53 Å². The molecule has 2 rings (SSSR count). The minimum Gasteiger partial charge on any atom is -0.494 e. The van der Waals surface area contributed by atoms with E-state index < -0.39 is 0 Å². The van der Waals surface area contributed by atoms with Crippen molar-refractivity contribution in [1.29, 1.82) is 5.26 Å². The highest BCUT2D eigenvalue weighted by atomic mass is 32.2. The van der Waals surface area contributed by atoms with Gasteiger partial charge in [0.2, 0.25) is 5.91 Å². The Morgan fingerprint density at radius 1 is 1.52 bits per heavy atom. The molecule has 0 bridgehead atoms. The van der Waals surface area contributed by atoms with E-state index in [1.54, 1.807) is 0 Å². The number of hydrogen-bond acceptors (Lipinski definition) is 4. The monoisotopic (exact) mass is 328 g/mol. The molecule has 0 saturated carbocycles. The van der Waals surface area contributed by atoms with Crippen molar-refractivity contribution in [3.05, 3.63) is 52.6 Å². The van der Waals surface area contributed by atoms with Crippen LogP contribution in [0.25, 0.3) is 0 Å².